The molecule has 1 aliphatic rings. The summed E-state index contributed by atoms with van der Waals surface area (Å²) in [7, 11) is -16.2. The number of phosphoric acid groups is 3. The van der Waals surface area contributed by atoms with Gasteiger partial charge < -0.3 is 55.6 Å². The van der Waals surface area contributed by atoms with Crippen LogP contribution >= 0.6 is 23.5 Å². The van der Waals surface area contributed by atoms with E-state index in [0.29, 0.717) is 38.5 Å². The number of unbranched alkanes of at least 4 members (excludes halogenated alkanes) is 2. The molecule has 1 fully saturated rings. The summed E-state index contributed by atoms with van der Waals surface area (Å²) in [6.07, 6.45) is 1.28. The number of aldehydes is 1. The van der Waals surface area contributed by atoms with Crippen LogP contribution in [0.1, 0.15) is 90.4 Å². The van der Waals surface area contributed by atoms with Gasteiger partial charge in [0, 0.05) is 45.1 Å². The Balaban J connectivity index is 2.19. The smallest absolute Gasteiger partial charge is 0.390 e. The fourth-order valence-electron chi connectivity index (χ4n) is 5.45. The van der Waals surface area contributed by atoms with Crippen molar-refractivity contribution in [2.45, 2.75) is 109 Å². The largest absolute Gasteiger partial charge is 0.490 e. The third kappa shape index (κ3) is 25.1. The van der Waals surface area contributed by atoms with E-state index in [9.17, 15) is 57.5 Å². The summed E-state index contributed by atoms with van der Waals surface area (Å²) in [5.74, 6) is -1.56. The van der Waals surface area contributed by atoms with Crippen LogP contribution in [-0.2, 0) is 69.5 Å². The van der Waals surface area contributed by atoms with Crippen molar-refractivity contribution in [3.8, 4) is 0 Å². The lowest BCUT2D eigenvalue weighted by atomic mass is 9.71. The van der Waals surface area contributed by atoms with Crippen LogP contribution in [0.4, 0.5) is 0 Å². The molecule has 0 bridgehead atoms. The molecule has 0 aromatic rings. The van der Waals surface area contributed by atoms with Crippen LogP contribution in [0, 0.1) is 5.41 Å². The van der Waals surface area contributed by atoms with Crippen LogP contribution in [0.5, 0.6) is 0 Å². The molecule has 0 spiro atoms. The molecule has 320 valence electrons. The SMILES string of the molecule is C[C@H]1CC(O)[C@@H](COP(=O)(O)OP(=O)(O)OP(=O)(O)OCCCCCC(=O)NCCOCCOCC(=O)CCC(CCC=O)(CCC(N)=O)CCC(N)=O)O1. The number of hydrogen-bond acceptors (Lipinski definition) is 16. The zero-order valence-corrected chi connectivity index (χ0v) is 33.5. The fraction of sp³-hybridized carbons (Fsp3) is 0.833. The second kappa shape index (κ2) is 26.1. The van der Waals surface area contributed by atoms with Gasteiger partial charge in [-0.25, -0.2) is 13.7 Å². The third-order valence-corrected chi connectivity index (χ3v) is 12.5. The van der Waals surface area contributed by atoms with Gasteiger partial charge in [0.05, 0.1) is 45.2 Å². The van der Waals surface area contributed by atoms with Crippen molar-refractivity contribution < 1.29 is 89.3 Å². The first kappa shape index (κ1) is 51.0. The number of Topliss-reactive ketones (excluding diaryl/α,β-unsaturated/α-hetero) is 1. The van der Waals surface area contributed by atoms with Gasteiger partial charge in [-0.2, -0.15) is 8.62 Å². The Labute approximate surface area is 319 Å². The first-order valence-corrected chi connectivity index (χ1v) is 22.1. The molecule has 1 heterocycles. The Morgan fingerprint density at radius 3 is 1.98 bits per heavy atom. The lowest BCUT2D eigenvalue weighted by Gasteiger charge is -2.33. The molecule has 0 aromatic carbocycles. The summed E-state index contributed by atoms with van der Waals surface area (Å²) >= 11 is 0. The van der Waals surface area contributed by atoms with Crippen molar-refractivity contribution in [1.82, 2.24) is 5.32 Å². The van der Waals surface area contributed by atoms with E-state index < -0.39 is 66.1 Å². The number of carbonyl (C=O) groups excluding carboxylic acids is 5. The summed E-state index contributed by atoms with van der Waals surface area (Å²) in [4.78, 5) is 87.3. The van der Waals surface area contributed by atoms with E-state index in [-0.39, 0.29) is 95.7 Å². The number of primary amides is 2. The standard InChI is InChI=1S/C30H56N3O19P3/c1-23-20-25(36)26(50-23)22-49-54(42,43)52-55(44,45)51-53(40,41)48-16-4-2-3-6-29(39)33-14-17-46-18-19-47-21-24(35)7-11-30(10-5-15-34,12-8-27(31)37)13-9-28(32)38/h15,23,25-26,36H,2-14,16-22H2,1H3,(H2,31,37)(H2,32,38)(H,33,39)(H,40,41)(H,42,43)(H,44,45)/t23-,25?,26+/m0/s1. The number of ether oxygens (including phenoxy) is 3. The topological polar surface area (TPSA) is 346 Å². The van der Waals surface area contributed by atoms with E-state index in [1.165, 1.54) is 0 Å². The summed E-state index contributed by atoms with van der Waals surface area (Å²) < 4.78 is 69.2. The van der Waals surface area contributed by atoms with E-state index in [2.05, 4.69) is 23.0 Å². The number of nitrogens with one attached hydrogen (secondary N) is 1. The highest BCUT2D eigenvalue weighted by Crippen LogP contribution is 2.67. The molecule has 1 aliphatic heterocycles. The predicted octanol–water partition coefficient (Wildman–Crippen LogP) is 1.45. The number of aliphatic hydroxyl groups is 1. The zero-order valence-electron chi connectivity index (χ0n) is 30.9. The Bertz CT molecular complexity index is 1350. The van der Waals surface area contributed by atoms with Crippen molar-refractivity contribution in [1.29, 1.82) is 0 Å². The Kier molecular flexibility index (Phi) is 24.2. The van der Waals surface area contributed by atoms with Gasteiger partial charge in [-0.1, -0.05) is 6.42 Å². The van der Waals surface area contributed by atoms with Gasteiger partial charge in [-0.05, 0) is 50.9 Å². The van der Waals surface area contributed by atoms with E-state index in [0.717, 1.165) is 6.29 Å². The normalized spacial score (nSPS) is 20.6. The van der Waals surface area contributed by atoms with Crippen LogP contribution in [0.15, 0.2) is 0 Å². The molecule has 3 amide bonds. The molecule has 55 heavy (non-hydrogen) atoms. The molecule has 0 aromatic heterocycles. The number of carbonyl (C=O) groups is 5. The monoisotopic (exact) mass is 855 g/mol. The van der Waals surface area contributed by atoms with Gasteiger partial charge in [-0.3, -0.25) is 28.2 Å². The van der Waals surface area contributed by atoms with Crippen molar-refractivity contribution >= 4 is 53.3 Å². The summed E-state index contributed by atoms with van der Waals surface area (Å²) in [6.45, 7) is 0.945. The number of nitrogens with two attached hydrogens (primary N) is 2. The van der Waals surface area contributed by atoms with Crippen LogP contribution in [0.3, 0.4) is 0 Å². The average molecular weight is 856 g/mol. The maximum Gasteiger partial charge on any atom is 0.490 e. The van der Waals surface area contributed by atoms with Crippen LogP contribution in [0.25, 0.3) is 0 Å². The van der Waals surface area contributed by atoms with Gasteiger partial charge in [0.1, 0.15) is 19.0 Å². The van der Waals surface area contributed by atoms with Crippen molar-refractivity contribution in [2.24, 2.45) is 16.9 Å². The highest BCUT2D eigenvalue weighted by molar-refractivity contribution is 7.66. The lowest BCUT2D eigenvalue weighted by molar-refractivity contribution is -0.125. The second-order valence-corrected chi connectivity index (χ2v) is 17.6. The Hall–Kier alpha value is -2.00. The quantitative estimate of drug-likeness (QED) is 0.0273. The molecule has 4 unspecified atom stereocenters. The second-order valence-electron chi connectivity index (χ2n) is 13.0. The fourth-order valence-corrected chi connectivity index (χ4v) is 8.99. The van der Waals surface area contributed by atoms with Crippen LogP contribution in [-0.4, -0.2) is 114 Å². The summed E-state index contributed by atoms with van der Waals surface area (Å²) in [5.41, 5.74) is 9.97. The van der Waals surface area contributed by atoms with Crippen molar-refractivity contribution in [3.63, 3.8) is 0 Å². The minimum absolute atomic E-state index is 0.0452. The molecule has 1 rings (SSSR count). The third-order valence-electron chi connectivity index (χ3n) is 8.26. The van der Waals surface area contributed by atoms with Gasteiger partial charge in [0.2, 0.25) is 17.7 Å². The zero-order chi connectivity index (χ0) is 41.5. The number of phosphoric ester groups is 2. The molecule has 22 nitrogen and oxygen atoms in total. The van der Waals surface area contributed by atoms with Gasteiger partial charge >= 0.3 is 23.5 Å². The van der Waals surface area contributed by atoms with Crippen LogP contribution in [0.2, 0.25) is 0 Å². The van der Waals surface area contributed by atoms with E-state index >= 15 is 0 Å². The van der Waals surface area contributed by atoms with E-state index in [1.54, 1.807) is 6.92 Å². The number of rotatable bonds is 34. The molecule has 0 radical (unpaired) electrons. The lowest BCUT2D eigenvalue weighted by Crippen LogP contribution is -2.28. The molecular formula is C30H56N3O19P3. The minimum atomic E-state index is -5.64. The van der Waals surface area contributed by atoms with E-state index in [4.69, 9.17) is 25.7 Å². The molecule has 9 N–H and O–H groups in total. The van der Waals surface area contributed by atoms with E-state index in [1.807, 2.05) is 0 Å². The minimum Gasteiger partial charge on any atom is -0.390 e. The predicted molar refractivity (Wildman–Crippen MR) is 190 cm³/mol. The average Bonchev–Trinajstić information content (AvgIpc) is 3.40. The molecule has 0 saturated carbocycles. The van der Waals surface area contributed by atoms with Crippen LogP contribution < -0.4 is 16.8 Å². The number of amides is 3. The van der Waals surface area contributed by atoms with Gasteiger partial charge in [0.15, 0.2) is 5.78 Å². The first-order chi connectivity index (χ1) is 25.7. The van der Waals surface area contributed by atoms with Crippen molar-refractivity contribution in [2.75, 3.05) is 46.2 Å². The molecule has 0 aliphatic carbocycles. The highest BCUT2D eigenvalue weighted by atomic mass is 31.3. The van der Waals surface area contributed by atoms with Crippen molar-refractivity contribution in [3.05, 3.63) is 0 Å². The molecule has 25 heteroatoms. The number of aliphatic hydroxyl groups excluding tert-OH is 1. The highest BCUT2D eigenvalue weighted by Gasteiger charge is 2.43. The maximum atomic E-state index is 12.4. The van der Waals surface area contributed by atoms with Gasteiger partial charge in [0.25, 0.3) is 0 Å². The number of ketones is 1. The summed E-state index contributed by atoms with van der Waals surface area (Å²) in [6, 6.07) is 0. The number of hydrogen-bond donors (Lipinski definition) is 7. The molecule has 6 atom stereocenters. The molecule has 1 saturated heterocycles. The van der Waals surface area contributed by atoms with Gasteiger partial charge in [-0.15, -0.1) is 0 Å². The Morgan fingerprint density at radius 1 is 0.800 bits per heavy atom. The molecular weight excluding hydrogens is 799 g/mol. The maximum absolute atomic E-state index is 12.4. The Morgan fingerprint density at radius 2 is 1.40 bits per heavy atom. The summed E-state index contributed by atoms with van der Waals surface area (Å²) in [5, 5.41) is 12.4. The first-order valence-electron chi connectivity index (χ1n) is 17.7.